The van der Waals surface area contributed by atoms with Crippen LogP contribution in [-0.4, -0.2) is 16.2 Å². The van der Waals surface area contributed by atoms with E-state index in [1.807, 2.05) is 6.20 Å². The molecule has 0 N–H and O–H groups in total. The van der Waals surface area contributed by atoms with Crippen molar-refractivity contribution in [3.05, 3.63) is 181 Å². The van der Waals surface area contributed by atoms with E-state index in [2.05, 4.69) is 219 Å². The Morgan fingerprint density at radius 1 is 0.536 bits per heavy atom. The Morgan fingerprint density at radius 2 is 1.20 bits per heavy atom. The number of aromatic nitrogens is 2. The van der Waals surface area contributed by atoms with E-state index in [9.17, 15) is 0 Å². The van der Waals surface area contributed by atoms with E-state index >= 15 is 0 Å². The molecule has 0 spiro atoms. The van der Waals surface area contributed by atoms with Crippen LogP contribution in [0.4, 0.5) is 34.1 Å². The first kappa shape index (κ1) is 35.4. The molecule has 6 aromatic carbocycles. The lowest BCUT2D eigenvalue weighted by molar-refractivity contribution is 0.588. The van der Waals surface area contributed by atoms with Crippen LogP contribution in [0.25, 0.3) is 27.6 Å². The molecule has 0 aliphatic carbocycles. The molecule has 56 heavy (non-hydrogen) atoms. The predicted molar refractivity (Wildman–Crippen MR) is 237 cm³/mol. The third kappa shape index (κ3) is 6.47. The van der Waals surface area contributed by atoms with Crippen molar-refractivity contribution < 1.29 is 0 Å². The molecule has 0 saturated carbocycles. The summed E-state index contributed by atoms with van der Waals surface area (Å²) in [5, 5.41) is 2.42. The summed E-state index contributed by atoms with van der Waals surface area (Å²) in [6.07, 6.45) is 1.95. The quantitative estimate of drug-likeness (QED) is 0.163. The fourth-order valence-corrected chi connectivity index (χ4v) is 8.13. The second-order valence-corrected chi connectivity index (χ2v) is 17.1. The lowest BCUT2D eigenvalue weighted by atomic mass is 9.86. The molecule has 0 saturated heterocycles. The smallest absolute Gasteiger partial charge is 0.137 e. The molecule has 8 aromatic rings. The Kier molecular flexibility index (Phi) is 8.69. The number of benzene rings is 6. The fourth-order valence-electron chi connectivity index (χ4n) is 8.13. The van der Waals surface area contributed by atoms with Crippen LogP contribution in [0, 0.1) is 0 Å². The SMILES string of the molecule is CC(C)(C)c1cc(N2CN(Cc3ccccc3)c3ccccc32)cc(N(c2ccccc2)c2ccc3c4ccccc4n(-c4cc(C(C)(C)C)ccn4)c3c2)c1. The van der Waals surface area contributed by atoms with Gasteiger partial charge in [-0.3, -0.25) is 4.57 Å². The van der Waals surface area contributed by atoms with Crippen LogP contribution in [-0.2, 0) is 17.4 Å². The molecule has 9 rings (SSSR count). The molecule has 0 amide bonds. The summed E-state index contributed by atoms with van der Waals surface area (Å²) in [5.74, 6) is 0.928. The Morgan fingerprint density at radius 3 is 1.95 bits per heavy atom. The van der Waals surface area contributed by atoms with Crippen molar-refractivity contribution in [1.82, 2.24) is 9.55 Å². The lowest BCUT2D eigenvalue weighted by Crippen LogP contribution is -2.28. The van der Waals surface area contributed by atoms with E-state index in [4.69, 9.17) is 4.98 Å². The topological polar surface area (TPSA) is 27.5 Å². The van der Waals surface area contributed by atoms with Crippen molar-refractivity contribution >= 4 is 55.9 Å². The fraction of sp³-hybridized carbons (Fsp3) is 0.196. The number of pyridine rings is 1. The summed E-state index contributed by atoms with van der Waals surface area (Å²) in [4.78, 5) is 12.4. The van der Waals surface area contributed by atoms with Crippen molar-refractivity contribution in [1.29, 1.82) is 0 Å². The average molecular weight is 732 g/mol. The Bertz CT molecular complexity index is 2680. The summed E-state index contributed by atoms with van der Waals surface area (Å²) in [6.45, 7) is 15.3. The molecule has 1 aliphatic rings. The molecule has 3 heterocycles. The summed E-state index contributed by atoms with van der Waals surface area (Å²) >= 11 is 0. The maximum atomic E-state index is 4.97. The summed E-state index contributed by atoms with van der Waals surface area (Å²) in [7, 11) is 0. The molecule has 0 bridgehead atoms. The molecular formula is C51H49N5. The van der Waals surface area contributed by atoms with Gasteiger partial charge in [0.15, 0.2) is 0 Å². The minimum absolute atomic E-state index is 0.00404. The van der Waals surface area contributed by atoms with Crippen LogP contribution in [0.5, 0.6) is 0 Å². The maximum Gasteiger partial charge on any atom is 0.137 e. The van der Waals surface area contributed by atoms with Crippen molar-refractivity contribution in [2.45, 2.75) is 58.9 Å². The van der Waals surface area contributed by atoms with Gasteiger partial charge in [-0.05, 0) is 100 Å². The zero-order chi connectivity index (χ0) is 38.6. The highest BCUT2D eigenvalue weighted by Gasteiger charge is 2.29. The van der Waals surface area contributed by atoms with Gasteiger partial charge in [-0.25, -0.2) is 4.98 Å². The van der Waals surface area contributed by atoms with Gasteiger partial charge < -0.3 is 14.7 Å². The molecule has 5 heteroatoms. The average Bonchev–Trinajstić information content (AvgIpc) is 3.73. The number of hydrogen-bond donors (Lipinski definition) is 0. The molecule has 278 valence electrons. The van der Waals surface area contributed by atoms with Gasteiger partial charge >= 0.3 is 0 Å². The first-order valence-electron chi connectivity index (χ1n) is 19.7. The van der Waals surface area contributed by atoms with Crippen LogP contribution in [0.15, 0.2) is 164 Å². The number of fused-ring (bicyclic) bond motifs is 4. The Balaban J connectivity index is 1.23. The van der Waals surface area contributed by atoms with Crippen LogP contribution in [0.1, 0.15) is 58.2 Å². The van der Waals surface area contributed by atoms with Crippen molar-refractivity contribution in [3.63, 3.8) is 0 Å². The van der Waals surface area contributed by atoms with Crippen molar-refractivity contribution in [2.24, 2.45) is 0 Å². The summed E-state index contributed by atoms with van der Waals surface area (Å²) in [5.41, 5.74) is 13.0. The van der Waals surface area contributed by atoms with Crippen LogP contribution >= 0.6 is 0 Å². The molecule has 5 nitrogen and oxygen atoms in total. The molecule has 0 fully saturated rings. The van der Waals surface area contributed by atoms with E-state index in [0.717, 1.165) is 47.1 Å². The Hall–Kier alpha value is -6.33. The van der Waals surface area contributed by atoms with Crippen LogP contribution in [0.2, 0.25) is 0 Å². The monoisotopic (exact) mass is 731 g/mol. The van der Waals surface area contributed by atoms with Crippen molar-refractivity contribution in [2.75, 3.05) is 21.4 Å². The number of rotatable bonds is 7. The van der Waals surface area contributed by atoms with E-state index in [1.165, 1.54) is 44.5 Å². The first-order chi connectivity index (χ1) is 27.0. The van der Waals surface area contributed by atoms with E-state index in [1.54, 1.807) is 0 Å². The number of anilines is 6. The molecule has 0 radical (unpaired) electrons. The first-order valence-corrected chi connectivity index (χ1v) is 19.7. The summed E-state index contributed by atoms with van der Waals surface area (Å²) < 4.78 is 2.34. The zero-order valence-corrected chi connectivity index (χ0v) is 33.2. The minimum Gasteiger partial charge on any atom is -0.347 e. The largest absolute Gasteiger partial charge is 0.347 e. The van der Waals surface area contributed by atoms with Gasteiger partial charge in [0.1, 0.15) is 5.82 Å². The second kappa shape index (κ2) is 13.8. The minimum atomic E-state index is -0.0871. The van der Waals surface area contributed by atoms with Crippen LogP contribution in [0.3, 0.4) is 0 Å². The zero-order valence-electron chi connectivity index (χ0n) is 33.2. The van der Waals surface area contributed by atoms with Crippen molar-refractivity contribution in [3.8, 4) is 5.82 Å². The molecule has 2 aromatic heterocycles. The van der Waals surface area contributed by atoms with E-state index in [-0.39, 0.29) is 10.8 Å². The van der Waals surface area contributed by atoms with Gasteiger partial charge in [-0.2, -0.15) is 0 Å². The second-order valence-electron chi connectivity index (χ2n) is 17.1. The third-order valence-corrected chi connectivity index (χ3v) is 11.2. The number of para-hydroxylation sites is 4. The lowest BCUT2D eigenvalue weighted by Gasteiger charge is -2.31. The van der Waals surface area contributed by atoms with Crippen LogP contribution < -0.4 is 14.7 Å². The highest BCUT2D eigenvalue weighted by molar-refractivity contribution is 6.10. The standard InChI is InChI=1S/C51H49N5/c1-50(2,3)37-27-28-52-49(31-37)56-45-22-14-13-21-43(45)44-26-25-40(33-48(44)56)55(39-19-11-8-12-20-39)42-30-38(51(4,5)6)29-41(32-42)54-35-53(34-36-17-9-7-10-18-36)46-23-15-16-24-47(46)54/h7-33H,34-35H2,1-6H3. The highest BCUT2D eigenvalue weighted by Crippen LogP contribution is 2.46. The molecule has 1 aliphatic heterocycles. The number of nitrogens with zero attached hydrogens (tertiary/aromatic N) is 5. The summed E-state index contributed by atoms with van der Waals surface area (Å²) in [6, 6.07) is 57.5. The van der Waals surface area contributed by atoms with E-state index in [0.29, 0.717) is 0 Å². The maximum absolute atomic E-state index is 4.97. The predicted octanol–water partition coefficient (Wildman–Crippen LogP) is 13.4. The molecule has 0 atom stereocenters. The number of hydrogen-bond acceptors (Lipinski definition) is 4. The van der Waals surface area contributed by atoms with Gasteiger partial charge in [0.05, 0.1) is 29.1 Å². The van der Waals surface area contributed by atoms with Gasteiger partial charge in [0.2, 0.25) is 0 Å². The normalized spacial score (nSPS) is 13.1. The Labute approximate surface area is 331 Å². The van der Waals surface area contributed by atoms with Gasteiger partial charge in [0.25, 0.3) is 0 Å². The van der Waals surface area contributed by atoms with E-state index < -0.39 is 0 Å². The van der Waals surface area contributed by atoms with Gasteiger partial charge in [-0.15, -0.1) is 0 Å². The van der Waals surface area contributed by atoms with Gasteiger partial charge in [0, 0.05) is 46.3 Å². The highest BCUT2D eigenvalue weighted by atomic mass is 15.4. The third-order valence-electron chi connectivity index (χ3n) is 11.2. The van der Waals surface area contributed by atoms with Gasteiger partial charge in [-0.1, -0.05) is 126 Å². The molecular weight excluding hydrogens is 683 g/mol. The molecule has 0 unspecified atom stereocenters.